The molecule has 1 heterocycles. The van der Waals surface area contributed by atoms with Crippen LogP contribution in [0.1, 0.15) is 34.6 Å². The third kappa shape index (κ3) is 4.28. The normalized spacial score (nSPS) is 12.5. The van der Waals surface area contributed by atoms with Crippen LogP contribution in [0.5, 0.6) is 0 Å². The van der Waals surface area contributed by atoms with Crippen LogP contribution in [0.3, 0.4) is 0 Å². The van der Waals surface area contributed by atoms with Crippen LogP contribution >= 0.6 is 15.9 Å². The van der Waals surface area contributed by atoms with Crippen molar-refractivity contribution >= 4 is 51.5 Å². The fourth-order valence-electron chi connectivity index (χ4n) is 4.70. The molecule has 6 nitrogen and oxygen atoms in total. The highest BCUT2D eigenvalue weighted by Gasteiger charge is 2.55. The Morgan fingerprint density at radius 3 is 1.89 bits per heavy atom. The first kappa shape index (κ1) is 25.8. The van der Waals surface area contributed by atoms with E-state index in [1.165, 1.54) is 0 Å². The summed E-state index contributed by atoms with van der Waals surface area (Å²) in [6.07, 6.45) is 0. The number of aromatic nitrogens is 2. The van der Waals surface area contributed by atoms with E-state index in [9.17, 15) is 14.4 Å². The molecule has 0 radical (unpaired) electrons. The quantitative estimate of drug-likeness (QED) is 0.366. The van der Waals surface area contributed by atoms with Gasteiger partial charge in [0.05, 0.1) is 10.9 Å². The number of rotatable bonds is 5. The molecule has 0 aliphatic heterocycles. The van der Waals surface area contributed by atoms with Crippen LogP contribution in [0.25, 0.3) is 10.9 Å². The van der Waals surface area contributed by atoms with Gasteiger partial charge >= 0.3 is 20.0 Å². The van der Waals surface area contributed by atoms with Gasteiger partial charge in [0.25, 0.3) is 5.56 Å². The zero-order valence-corrected chi connectivity index (χ0v) is 23.5. The second-order valence-corrected chi connectivity index (χ2v) is 15.5. The van der Waals surface area contributed by atoms with Crippen LogP contribution in [-0.2, 0) is 14.8 Å². The smallest absolute Gasteiger partial charge is 0.329 e. The lowest BCUT2D eigenvalue weighted by Gasteiger charge is -2.43. The lowest BCUT2D eigenvalue weighted by molar-refractivity contribution is -0.144. The van der Waals surface area contributed by atoms with E-state index in [-0.39, 0.29) is 0 Å². The number of fused-ring (bicyclic) bond motifs is 1. The van der Waals surface area contributed by atoms with Crippen LogP contribution in [0.2, 0.25) is 5.04 Å². The molecule has 0 atom stereocenters. The highest BCUT2D eigenvalue weighted by molar-refractivity contribution is 9.10. The molecular weight excluding hydrogens is 536 g/mol. The number of nitrogens with zero attached hydrogens (tertiary/aromatic N) is 1. The average molecular weight is 566 g/mol. The molecule has 0 aliphatic carbocycles. The standard InChI is InChI=1S/C28H29BrN2O4Si/c1-27(2,3)36(20-12-8-6-9-13-20,21-14-10-7-11-15-21)35-25(33)28(4,5)31-24(32)22-18-19(29)16-17-23(22)30-26(31)34/h6-18H,1-5H3,(H,30,34). The Labute approximate surface area is 219 Å². The van der Waals surface area contributed by atoms with E-state index in [2.05, 4.69) is 41.7 Å². The first-order valence-electron chi connectivity index (χ1n) is 11.7. The van der Waals surface area contributed by atoms with Crippen molar-refractivity contribution < 1.29 is 9.22 Å². The Morgan fingerprint density at radius 2 is 1.39 bits per heavy atom. The average Bonchev–Trinajstić information content (AvgIpc) is 2.83. The lowest BCUT2D eigenvalue weighted by Crippen LogP contribution is -2.69. The summed E-state index contributed by atoms with van der Waals surface area (Å²) in [5.74, 6) is -0.640. The molecule has 0 aliphatic rings. The highest BCUT2D eigenvalue weighted by atomic mass is 79.9. The number of halogens is 1. The van der Waals surface area contributed by atoms with E-state index >= 15 is 0 Å². The predicted molar refractivity (Wildman–Crippen MR) is 150 cm³/mol. The molecule has 1 N–H and O–H groups in total. The van der Waals surface area contributed by atoms with Crippen LogP contribution in [0.15, 0.2) is 92.9 Å². The Morgan fingerprint density at radius 1 is 0.861 bits per heavy atom. The molecule has 0 saturated carbocycles. The SMILES string of the molecule is CC(C)(C(=O)O[Si](c1ccccc1)(c1ccccc1)C(C)(C)C)n1c(=O)[nH]c2ccc(Br)cc2c1=O. The van der Waals surface area contributed by atoms with E-state index in [0.29, 0.717) is 15.4 Å². The van der Waals surface area contributed by atoms with Crippen molar-refractivity contribution in [2.45, 2.75) is 45.2 Å². The van der Waals surface area contributed by atoms with Gasteiger partial charge in [0.2, 0.25) is 0 Å². The maximum atomic E-state index is 14.1. The van der Waals surface area contributed by atoms with Gasteiger partial charge in [0.1, 0.15) is 5.54 Å². The van der Waals surface area contributed by atoms with E-state index in [4.69, 9.17) is 4.43 Å². The zero-order chi connectivity index (χ0) is 26.3. The van der Waals surface area contributed by atoms with Gasteiger partial charge in [-0.3, -0.25) is 9.59 Å². The molecule has 0 fully saturated rings. The molecule has 4 aromatic rings. The van der Waals surface area contributed by atoms with Crippen LogP contribution in [0.4, 0.5) is 0 Å². The van der Waals surface area contributed by atoms with Gasteiger partial charge in [-0.05, 0) is 47.5 Å². The Balaban J connectivity index is 1.92. The van der Waals surface area contributed by atoms with Gasteiger partial charge in [0, 0.05) is 4.47 Å². The topological polar surface area (TPSA) is 81.2 Å². The number of hydrogen-bond acceptors (Lipinski definition) is 4. The zero-order valence-electron chi connectivity index (χ0n) is 21.0. The molecule has 0 unspecified atom stereocenters. The number of hydrogen-bond donors (Lipinski definition) is 1. The first-order chi connectivity index (χ1) is 16.9. The fourth-order valence-corrected chi connectivity index (χ4v) is 9.52. The minimum absolute atomic E-state index is 0.301. The molecular formula is C28H29BrN2O4Si. The lowest BCUT2D eigenvalue weighted by atomic mass is 10.1. The third-order valence-corrected chi connectivity index (χ3v) is 12.0. The summed E-state index contributed by atoms with van der Waals surface area (Å²) in [5.41, 5.74) is -2.40. The number of nitrogens with one attached hydrogen (secondary N) is 1. The molecule has 0 bridgehead atoms. The van der Waals surface area contributed by atoms with Crippen molar-refractivity contribution in [2.75, 3.05) is 0 Å². The van der Waals surface area contributed by atoms with Gasteiger partial charge in [-0.25, -0.2) is 9.36 Å². The van der Waals surface area contributed by atoms with Crippen molar-refractivity contribution in [3.05, 3.63) is 104 Å². The van der Waals surface area contributed by atoms with Gasteiger partial charge in [-0.15, -0.1) is 0 Å². The maximum Gasteiger partial charge on any atom is 0.329 e. The Hall–Kier alpha value is -3.23. The molecule has 0 spiro atoms. The van der Waals surface area contributed by atoms with E-state index in [0.717, 1.165) is 14.9 Å². The fraction of sp³-hybridized carbons (Fsp3) is 0.250. The molecule has 0 saturated heterocycles. The minimum atomic E-state index is -3.24. The van der Waals surface area contributed by atoms with Gasteiger partial charge in [0.15, 0.2) is 0 Å². The summed E-state index contributed by atoms with van der Waals surface area (Å²) in [7, 11) is -3.24. The largest absolute Gasteiger partial charge is 0.508 e. The van der Waals surface area contributed by atoms with Gasteiger partial charge in [-0.2, -0.15) is 0 Å². The summed E-state index contributed by atoms with van der Waals surface area (Å²) in [6.45, 7) is 9.28. The van der Waals surface area contributed by atoms with Crippen molar-refractivity contribution in [3.63, 3.8) is 0 Å². The molecule has 8 heteroatoms. The second kappa shape index (κ2) is 9.33. The molecule has 186 valence electrons. The highest BCUT2D eigenvalue weighted by Crippen LogP contribution is 2.38. The number of benzene rings is 3. The molecule has 4 rings (SSSR count). The van der Waals surface area contributed by atoms with Gasteiger partial charge < -0.3 is 9.41 Å². The molecule has 3 aromatic carbocycles. The Kier molecular flexibility index (Phi) is 6.70. The summed E-state index contributed by atoms with van der Waals surface area (Å²) in [4.78, 5) is 43.4. The van der Waals surface area contributed by atoms with Crippen molar-refractivity contribution in [1.82, 2.24) is 9.55 Å². The summed E-state index contributed by atoms with van der Waals surface area (Å²) >= 11 is 3.38. The second-order valence-electron chi connectivity index (χ2n) is 10.4. The Bertz CT molecular complexity index is 1500. The summed E-state index contributed by atoms with van der Waals surface area (Å²) < 4.78 is 8.27. The van der Waals surface area contributed by atoms with E-state index in [1.807, 2.05) is 60.7 Å². The summed E-state index contributed by atoms with van der Waals surface area (Å²) in [6, 6.07) is 24.5. The van der Waals surface area contributed by atoms with Gasteiger partial charge in [-0.1, -0.05) is 97.4 Å². The number of H-pyrrole nitrogens is 1. The van der Waals surface area contributed by atoms with E-state index < -0.39 is 36.1 Å². The maximum absolute atomic E-state index is 14.1. The predicted octanol–water partition coefficient (Wildman–Crippen LogP) is 4.29. The first-order valence-corrected chi connectivity index (χ1v) is 14.4. The van der Waals surface area contributed by atoms with Crippen molar-refractivity contribution in [3.8, 4) is 0 Å². The number of carbonyl (C=O) groups excluding carboxylic acids is 1. The van der Waals surface area contributed by atoms with Crippen LogP contribution in [0, 0.1) is 0 Å². The number of carbonyl (C=O) groups is 1. The third-order valence-electron chi connectivity index (χ3n) is 6.58. The van der Waals surface area contributed by atoms with E-state index in [1.54, 1.807) is 32.0 Å². The minimum Gasteiger partial charge on any atom is -0.508 e. The van der Waals surface area contributed by atoms with Crippen molar-refractivity contribution in [1.29, 1.82) is 0 Å². The molecule has 0 amide bonds. The number of aromatic amines is 1. The van der Waals surface area contributed by atoms with Crippen LogP contribution < -0.4 is 21.6 Å². The van der Waals surface area contributed by atoms with Crippen molar-refractivity contribution in [2.24, 2.45) is 0 Å². The molecule has 1 aromatic heterocycles. The monoisotopic (exact) mass is 564 g/mol. The summed E-state index contributed by atoms with van der Waals surface area (Å²) in [5, 5.41) is 1.70. The molecule has 36 heavy (non-hydrogen) atoms. The van der Waals surface area contributed by atoms with Crippen LogP contribution in [-0.4, -0.2) is 23.8 Å².